The van der Waals surface area contributed by atoms with Crippen molar-refractivity contribution in [2.45, 2.75) is 52.7 Å². The molecule has 0 heterocycles. The average Bonchev–Trinajstić information content (AvgIpc) is 2.35. The third-order valence-electron chi connectivity index (χ3n) is 2.55. The van der Waals surface area contributed by atoms with Gasteiger partial charge in [0.15, 0.2) is 11.6 Å². The summed E-state index contributed by atoms with van der Waals surface area (Å²) in [6.45, 7) is 10.2. The van der Waals surface area contributed by atoms with Crippen LogP contribution in [0.5, 0.6) is 5.75 Å². The van der Waals surface area contributed by atoms with Crippen molar-refractivity contribution < 1.29 is 28.2 Å². The van der Waals surface area contributed by atoms with Crippen molar-refractivity contribution in [3.63, 3.8) is 0 Å². The lowest BCUT2D eigenvalue weighted by Crippen LogP contribution is -2.29. The summed E-state index contributed by atoms with van der Waals surface area (Å²) in [4.78, 5) is 24.2. The molecule has 0 unspecified atom stereocenters. The molecule has 1 aromatic carbocycles. The summed E-state index contributed by atoms with van der Waals surface area (Å²) >= 11 is 0. The van der Waals surface area contributed by atoms with Crippen LogP contribution in [0.1, 0.15) is 51.9 Å². The first kappa shape index (κ1) is 19.7. The van der Waals surface area contributed by atoms with Crippen molar-refractivity contribution in [1.29, 1.82) is 0 Å². The fourth-order valence-corrected chi connectivity index (χ4v) is 1.73. The minimum atomic E-state index is -0.777. The highest BCUT2D eigenvalue weighted by atomic mass is 19.1. The molecule has 0 saturated carbocycles. The van der Waals surface area contributed by atoms with E-state index in [1.165, 1.54) is 13.2 Å². The first-order valence-corrected chi connectivity index (χ1v) is 7.43. The summed E-state index contributed by atoms with van der Waals surface area (Å²) in [6.07, 6.45) is -0.777. The van der Waals surface area contributed by atoms with Gasteiger partial charge in [0, 0.05) is 6.07 Å². The Morgan fingerprint density at radius 1 is 1.00 bits per heavy atom. The molecule has 1 amide bonds. The fourth-order valence-electron chi connectivity index (χ4n) is 1.73. The van der Waals surface area contributed by atoms with E-state index >= 15 is 0 Å². The Labute approximate surface area is 141 Å². The number of hydrogen-bond donors (Lipinski definition) is 1. The Bertz CT molecular complexity index is 629. The minimum Gasteiger partial charge on any atom is -0.494 e. The van der Waals surface area contributed by atoms with Gasteiger partial charge in [0.1, 0.15) is 11.2 Å². The summed E-state index contributed by atoms with van der Waals surface area (Å²) in [7, 11) is 1.28. The largest absolute Gasteiger partial charge is 0.494 e. The summed E-state index contributed by atoms with van der Waals surface area (Å²) in [6, 6.07) is 2.16. The number of anilines is 1. The van der Waals surface area contributed by atoms with E-state index < -0.39 is 29.1 Å². The lowest BCUT2D eigenvalue weighted by atomic mass is 10.1. The zero-order valence-electron chi connectivity index (χ0n) is 15.1. The summed E-state index contributed by atoms with van der Waals surface area (Å²) < 4.78 is 29.2. The van der Waals surface area contributed by atoms with Crippen LogP contribution in [0, 0.1) is 5.82 Å². The van der Waals surface area contributed by atoms with E-state index in [1.807, 2.05) is 0 Å². The van der Waals surface area contributed by atoms with E-state index in [4.69, 9.17) is 14.2 Å². The van der Waals surface area contributed by atoms with Crippen molar-refractivity contribution >= 4 is 17.7 Å². The summed E-state index contributed by atoms with van der Waals surface area (Å²) in [5.41, 5.74) is -1.58. The zero-order valence-corrected chi connectivity index (χ0v) is 15.1. The third kappa shape index (κ3) is 6.06. The number of ether oxygens (including phenoxy) is 3. The van der Waals surface area contributed by atoms with Crippen molar-refractivity contribution in [2.75, 3.05) is 12.4 Å². The number of hydrogen-bond acceptors (Lipinski definition) is 5. The number of amides is 1. The van der Waals surface area contributed by atoms with Gasteiger partial charge in [0.25, 0.3) is 0 Å². The molecule has 1 rings (SSSR count). The molecule has 0 atom stereocenters. The van der Waals surface area contributed by atoms with Crippen molar-refractivity contribution in [2.24, 2.45) is 0 Å². The van der Waals surface area contributed by atoms with Crippen LogP contribution in [0.15, 0.2) is 12.1 Å². The van der Waals surface area contributed by atoms with Crippen LogP contribution in [0.3, 0.4) is 0 Å². The normalized spacial score (nSPS) is 11.7. The van der Waals surface area contributed by atoms with Crippen LogP contribution in [0.25, 0.3) is 0 Å². The molecule has 24 heavy (non-hydrogen) atoms. The molecule has 6 nitrogen and oxygen atoms in total. The zero-order chi connectivity index (χ0) is 18.7. The minimum absolute atomic E-state index is 0.0387. The van der Waals surface area contributed by atoms with Gasteiger partial charge in [-0.1, -0.05) is 0 Å². The van der Waals surface area contributed by atoms with Crippen molar-refractivity contribution in [3.8, 4) is 5.75 Å². The molecule has 0 spiro atoms. The molecular weight excluding hydrogens is 317 g/mol. The highest BCUT2D eigenvalue weighted by Crippen LogP contribution is 2.28. The fraction of sp³-hybridized carbons (Fsp3) is 0.529. The second kappa shape index (κ2) is 7.07. The molecule has 0 radical (unpaired) electrons. The predicted octanol–water partition coefficient (Wildman–Crippen LogP) is 4.14. The number of carbonyl (C=O) groups is 2. The standard InChI is InChI=1S/C17H24FNO5/c1-16(2,3)23-14(20)10-8-11(18)13(22-7)9-12(10)19-15(21)24-17(4,5)6/h8-9H,1-7H3,(H,19,21). The van der Waals surface area contributed by atoms with Gasteiger partial charge in [-0.3, -0.25) is 5.32 Å². The Balaban J connectivity index is 3.20. The molecule has 1 aromatic rings. The van der Waals surface area contributed by atoms with Gasteiger partial charge < -0.3 is 14.2 Å². The van der Waals surface area contributed by atoms with Gasteiger partial charge in [0.2, 0.25) is 0 Å². The smallest absolute Gasteiger partial charge is 0.412 e. The number of halogens is 1. The van der Waals surface area contributed by atoms with Gasteiger partial charge >= 0.3 is 12.1 Å². The van der Waals surface area contributed by atoms with E-state index in [1.54, 1.807) is 41.5 Å². The maximum absolute atomic E-state index is 14.0. The van der Waals surface area contributed by atoms with E-state index in [2.05, 4.69) is 5.32 Å². The second-order valence-corrected chi connectivity index (χ2v) is 7.16. The second-order valence-electron chi connectivity index (χ2n) is 7.16. The number of rotatable bonds is 3. The van der Waals surface area contributed by atoms with Gasteiger partial charge in [-0.25, -0.2) is 14.0 Å². The highest BCUT2D eigenvalue weighted by molar-refractivity contribution is 6.00. The molecule has 0 aliphatic carbocycles. The van der Waals surface area contributed by atoms with Crippen LogP contribution >= 0.6 is 0 Å². The van der Waals surface area contributed by atoms with Crippen LogP contribution < -0.4 is 10.1 Å². The molecule has 0 aliphatic heterocycles. The summed E-state index contributed by atoms with van der Waals surface area (Å²) in [5, 5.41) is 2.43. The topological polar surface area (TPSA) is 73.9 Å². The Hall–Kier alpha value is -2.31. The molecule has 7 heteroatoms. The van der Waals surface area contributed by atoms with Gasteiger partial charge in [-0.15, -0.1) is 0 Å². The molecule has 0 fully saturated rings. The maximum atomic E-state index is 14.0. The predicted molar refractivity (Wildman–Crippen MR) is 88.0 cm³/mol. The van der Waals surface area contributed by atoms with Crippen LogP contribution in [-0.2, 0) is 9.47 Å². The number of carbonyl (C=O) groups excluding carboxylic acids is 2. The van der Waals surface area contributed by atoms with Crippen molar-refractivity contribution in [1.82, 2.24) is 0 Å². The van der Waals surface area contributed by atoms with E-state index in [-0.39, 0.29) is 17.0 Å². The molecule has 0 aromatic heterocycles. The molecule has 134 valence electrons. The van der Waals surface area contributed by atoms with E-state index in [9.17, 15) is 14.0 Å². The highest BCUT2D eigenvalue weighted by Gasteiger charge is 2.25. The van der Waals surface area contributed by atoms with Gasteiger partial charge in [0.05, 0.1) is 18.4 Å². The number of benzene rings is 1. The SMILES string of the molecule is COc1cc(NC(=O)OC(C)(C)C)c(C(=O)OC(C)(C)C)cc1F. The van der Waals surface area contributed by atoms with Crippen molar-refractivity contribution in [3.05, 3.63) is 23.5 Å². The Morgan fingerprint density at radius 3 is 2.00 bits per heavy atom. The first-order chi connectivity index (χ1) is 10.8. The van der Waals surface area contributed by atoms with E-state index in [0.717, 1.165) is 6.07 Å². The Morgan fingerprint density at radius 2 is 1.54 bits per heavy atom. The average molecular weight is 341 g/mol. The Kier molecular flexibility index (Phi) is 5.81. The van der Waals surface area contributed by atoms with E-state index in [0.29, 0.717) is 0 Å². The lowest BCUT2D eigenvalue weighted by molar-refractivity contribution is 0.00702. The van der Waals surface area contributed by atoms with Gasteiger partial charge in [-0.05, 0) is 47.6 Å². The molecule has 0 saturated heterocycles. The van der Waals surface area contributed by atoms with Crippen LogP contribution in [-0.4, -0.2) is 30.4 Å². The number of methoxy groups -OCH3 is 1. The van der Waals surface area contributed by atoms with Crippen LogP contribution in [0.2, 0.25) is 0 Å². The molecule has 0 aliphatic rings. The number of esters is 1. The molecule has 1 N–H and O–H groups in total. The molecule has 0 bridgehead atoms. The maximum Gasteiger partial charge on any atom is 0.412 e. The lowest BCUT2D eigenvalue weighted by Gasteiger charge is -2.22. The van der Waals surface area contributed by atoms with Crippen LogP contribution in [0.4, 0.5) is 14.9 Å². The molecular formula is C17H24FNO5. The number of nitrogens with one attached hydrogen (secondary N) is 1. The third-order valence-corrected chi connectivity index (χ3v) is 2.55. The van der Waals surface area contributed by atoms with Gasteiger partial charge in [-0.2, -0.15) is 0 Å². The monoisotopic (exact) mass is 341 g/mol. The quantitative estimate of drug-likeness (QED) is 0.837. The first-order valence-electron chi connectivity index (χ1n) is 7.43. The summed E-state index contributed by atoms with van der Waals surface area (Å²) in [5.74, 6) is -1.63.